The Labute approximate surface area is 155 Å². The van der Waals surface area contributed by atoms with Crippen LogP contribution >= 0.6 is 0 Å². The first-order valence-corrected chi connectivity index (χ1v) is 8.91. The molecule has 0 aliphatic rings. The molecule has 0 aliphatic heterocycles. The van der Waals surface area contributed by atoms with Gasteiger partial charge in [-0.25, -0.2) is 18.0 Å². The first kappa shape index (κ1) is 19.9. The number of amides is 1. The summed E-state index contributed by atoms with van der Waals surface area (Å²) in [6.45, 7) is 0. The standard InChI is InChI=1S/C17H16N2O7S/c1-25-16(21)10-7-11(17(22)26-2)9-12(8-10)27(23,24)19-14-6-4-3-5-13(14)15(18)20/h3-9,19H,1-2H3,(H2,18,20). The second-order valence-corrected chi connectivity index (χ2v) is 6.93. The zero-order chi connectivity index (χ0) is 20.2. The van der Waals surface area contributed by atoms with Crippen molar-refractivity contribution >= 4 is 33.6 Å². The van der Waals surface area contributed by atoms with Crippen LogP contribution in [0.2, 0.25) is 0 Å². The maximum absolute atomic E-state index is 12.7. The molecule has 0 spiro atoms. The lowest BCUT2D eigenvalue weighted by Gasteiger charge is -2.12. The van der Waals surface area contributed by atoms with Gasteiger partial charge < -0.3 is 15.2 Å². The minimum Gasteiger partial charge on any atom is -0.465 e. The van der Waals surface area contributed by atoms with Gasteiger partial charge in [0.05, 0.1) is 41.5 Å². The molecule has 0 atom stereocenters. The van der Waals surface area contributed by atoms with Crippen LogP contribution in [0, 0.1) is 0 Å². The van der Waals surface area contributed by atoms with E-state index in [-0.39, 0.29) is 22.4 Å². The van der Waals surface area contributed by atoms with Gasteiger partial charge in [-0.15, -0.1) is 0 Å². The van der Waals surface area contributed by atoms with Crippen LogP contribution in [0.1, 0.15) is 31.1 Å². The number of hydrogen-bond donors (Lipinski definition) is 2. The molecule has 0 aromatic heterocycles. The summed E-state index contributed by atoms with van der Waals surface area (Å²) in [4.78, 5) is 34.7. The van der Waals surface area contributed by atoms with Crippen LogP contribution in [-0.2, 0) is 19.5 Å². The normalized spacial score (nSPS) is 10.7. The Bertz CT molecular complexity index is 981. The number of anilines is 1. The van der Waals surface area contributed by atoms with Gasteiger partial charge in [-0.1, -0.05) is 12.1 Å². The van der Waals surface area contributed by atoms with Crippen molar-refractivity contribution in [1.29, 1.82) is 0 Å². The van der Waals surface area contributed by atoms with Gasteiger partial charge in [0.25, 0.3) is 15.9 Å². The highest BCUT2D eigenvalue weighted by Gasteiger charge is 2.22. The van der Waals surface area contributed by atoms with E-state index < -0.39 is 32.8 Å². The molecule has 2 rings (SSSR count). The minimum atomic E-state index is -4.27. The Hall–Kier alpha value is -3.40. The van der Waals surface area contributed by atoms with Crippen LogP contribution in [0.25, 0.3) is 0 Å². The molecule has 0 fully saturated rings. The highest BCUT2D eigenvalue weighted by Crippen LogP contribution is 2.22. The highest BCUT2D eigenvalue weighted by molar-refractivity contribution is 7.92. The predicted octanol–water partition coefficient (Wildman–Crippen LogP) is 1.16. The topological polar surface area (TPSA) is 142 Å². The van der Waals surface area contributed by atoms with Gasteiger partial charge in [-0.3, -0.25) is 9.52 Å². The van der Waals surface area contributed by atoms with Crippen molar-refractivity contribution in [2.75, 3.05) is 18.9 Å². The van der Waals surface area contributed by atoms with Crippen molar-refractivity contribution in [1.82, 2.24) is 0 Å². The second-order valence-electron chi connectivity index (χ2n) is 5.24. The van der Waals surface area contributed by atoms with E-state index in [4.69, 9.17) is 5.73 Å². The Morgan fingerprint density at radius 3 is 1.93 bits per heavy atom. The second kappa shape index (κ2) is 7.87. The molecule has 3 N–H and O–H groups in total. The van der Waals surface area contributed by atoms with Crippen LogP contribution in [0.3, 0.4) is 0 Å². The molecule has 0 radical (unpaired) electrons. The molecule has 0 saturated carbocycles. The Morgan fingerprint density at radius 1 is 0.926 bits per heavy atom. The minimum absolute atomic E-state index is 0.0432. The number of primary amides is 1. The third-order valence-electron chi connectivity index (χ3n) is 3.50. The molecule has 0 saturated heterocycles. The number of carbonyl (C=O) groups is 3. The largest absolute Gasteiger partial charge is 0.465 e. The molecule has 0 bridgehead atoms. The maximum atomic E-state index is 12.7. The number of nitrogens with one attached hydrogen (secondary N) is 1. The Kier molecular flexibility index (Phi) is 5.81. The van der Waals surface area contributed by atoms with Gasteiger partial charge >= 0.3 is 11.9 Å². The molecule has 0 unspecified atom stereocenters. The average molecular weight is 392 g/mol. The van der Waals surface area contributed by atoms with E-state index in [0.717, 1.165) is 32.4 Å². The Balaban J connectivity index is 2.56. The van der Waals surface area contributed by atoms with E-state index in [1.807, 2.05) is 0 Å². The van der Waals surface area contributed by atoms with Crippen molar-refractivity contribution in [3.05, 3.63) is 59.2 Å². The lowest BCUT2D eigenvalue weighted by Crippen LogP contribution is -2.19. The van der Waals surface area contributed by atoms with Crippen molar-refractivity contribution < 1.29 is 32.3 Å². The fourth-order valence-electron chi connectivity index (χ4n) is 2.22. The molecule has 27 heavy (non-hydrogen) atoms. The maximum Gasteiger partial charge on any atom is 0.337 e. The molecule has 9 nitrogen and oxygen atoms in total. The molecular weight excluding hydrogens is 376 g/mol. The monoisotopic (exact) mass is 392 g/mol. The molecule has 0 aliphatic carbocycles. The summed E-state index contributed by atoms with van der Waals surface area (Å²) in [5.74, 6) is -2.50. The number of para-hydroxylation sites is 1. The van der Waals surface area contributed by atoms with Crippen LogP contribution in [-0.4, -0.2) is 40.5 Å². The van der Waals surface area contributed by atoms with Crippen molar-refractivity contribution in [2.24, 2.45) is 5.73 Å². The fraction of sp³-hybridized carbons (Fsp3) is 0.118. The van der Waals surface area contributed by atoms with E-state index >= 15 is 0 Å². The molecular formula is C17H16N2O7S. The fourth-order valence-corrected chi connectivity index (χ4v) is 3.37. The quantitative estimate of drug-likeness (QED) is 0.702. The van der Waals surface area contributed by atoms with Crippen molar-refractivity contribution in [3.8, 4) is 0 Å². The molecule has 2 aromatic carbocycles. The highest BCUT2D eigenvalue weighted by atomic mass is 32.2. The van der Waals surface area contributed by atoms with E-state index in [1.54, 1.807) is 0 Å². The van der Waals surface area contributed by atoms with Gasteiger partial charge in [-0.05, 0) is 30.3 Å². The smallest absolute Gasteiger partial charge is 0.337 e. The third-order valence-corrected chi connectivity index (χ3v) is 4.84. The van der Waals surface area contributed by atoms with Crippen molar-refractivity contribution in [3.63, 3.8) is 0 Å². The summed E-state index contributed by atoms with van der Waals surface area (Å²) in [5, 5.41) is 0. The third kappa shape index (κ3) is 4.42. The summed E-state index contributed by atoms with van der Waals surface area (Å²) in [5.41, 5.74) is 4.82. The van der Waals surface area contributed by atoms with Crippen LogP contribution in [0.15, 0.2) is 47.4 Å². The van der Waals surface area contributed by atoms with E-state index in [2.05, 4.69) is 14.2 Å². The summed E-state index contributed by atoms with van der Waals surface area (Å²) >= 11 is 0. The summed E-state index contributed by atoms with van der Waals surface area (Å²) in [6.07, 6.45) is 0. The first-order valence-electron chi connectivity index (χ1n) is 7.43. The van der Waals surface area contributed by atoms with Crippen molar-refractivity contribution in [2.45, 2.75) is 4.90 Å². The molecule has 0 heterocycles. The van der Waals surface area contributed by atoms with Gasteiger partial charge in [0, 0.05) is 0 Å². The number of carbonyl (C=O) groups excluding carboxylic acids is 3. The number of ether oxygens (including phenoxy) is 2. The zero-order valence-corrected chi connectivity index (χ0v) is 15.2. The first-order chi connectivity index (χ1) is 12.7. The van der Waals surface area contributed by atoms with Gasteiger partial charge in [0.15, 0.2) is 0 Å². The molecule has 10 heteroatoms. The van der Waals surface area contributed by atoms with Crippen LogP contribution in [0.4, 0.5) is 5.69 Å². The number of hydrogen-bond acceptors (Lipinski definition) is 7. The molecule has 1 amide bonds. The Morgan fingerprint density at radius 2 is 1.44 bits per heavy atom. The number of rotatable bonds is 6. The number of esters is 2. The molecule has 2 aromatic rings. The van der Waals surface area contributed by atoms with E-state index in [1.165, 1.54) is 24.3 Å². The number of nitrogens with two attached hydrogens (primary N) is 1. The number of methoxy groups -OCH3 is 2. The SMILES string of the molecule is COC(=O)c1cc(C(=O)OC)cc(S(=O)(=O)Nc2ccccc2C(N)=O)c1. The van der Waals surface area contributed by atoms with Gasteiger partial charge in [-0.2, -0.15) is 0 Å². The van der Waals surface area contributed by atoms with Gasteiger partial charge in [0.2, 0.25) is 0 Å². The summed E-state index contributed by atoms with van der Waals surface area (Å²) in [6, 6.07) is 8.95. The number of benzene rings is 2. The summed E-state index contributed by atoms with van der Waals surface area (Å²) in [7, 11) is -2.04. The predicted molar refractivity (Wildman–Crippen MR) is 94.9 cm³/mol. The van der Waals surface area contributed by atoms with Crippen LogP contribution < -0.4 is 10.5 Å². The molecule has 142 valence electrons. The lowest BCUT2D eigenvalue weighted by molar-refractivity contribution is 0.0598. The van der Waals surface area contributed by atoms with E-state index in [0.29, 0.717) is 0 Å². The summed E-state index contributed by atoms with van der Waals surface area (Å²) < 4.78 is 36.8. The van der Waals surface area contributed by atoms with E-state index in [9.17, 15) is 22.8 Å². The average Bonchev–Trinajstić information content (AvgIpc) is 2.66. The zero-order valence-electron chi connectivity index (χ0n) is 14.4. The van der Waals surface area contributed by atoms with Crippen LogP contribution in [0.5, 0.6) is 0 Å². The lowest BCUT2D eigenvalue weighted by atomic mass is 10.1. The van der Waals surface area contributed by atoms with Gasteiger partial charge in [0.1, 0.15) is 0 Å². The number of sulfonamides is 1.